The van der Waals surface area contributed by atoms with Crippen molar-refractivity contribution in [3.8, 4) is 0 Å². The summed E-state index contributed by atoms with van der Waals surface area (Å²) in [5.41, 5.74) is 2.04. The van der Waals surface area contributed by atoms with E-state index in [4.69, 9.17) is 9.41 Å². The Balaban J connectivity index is 1.64. The zero-order valence-electron chi connectivity index (χ0n) is 18.0. The molecule has 0 spiro atoms. The predicted molar refractivity (Wildman–Crippen MR) is 118 cm³/mol. The zero-order valence-corrected chi connectivity index (χ0v) is 19.8. The van der Waals surface area contributed by atoms with E-state index in [2.05, 4.69) is 62.8 Å². The first kappa shape index (κ1) is 20.9. The molecule has 2 atom stereocenters. The third kappa shape index (κ3) is 4.78. The van der Waals surface area contributed by atoms with E-state index in [0.717, 1.165) is 36.0 Å². The van der Waals surface area contributed by atoms with Gasteiger partial charge in [-0.3, -0.25) is 4.90 Å². The minimum absolute atomic E-state index is 0.277. The number of aryl methyl sites for hydroxylation is 1. The highest BCUT2D eigenvalue weighted by molar-refractivity contribution is 7.18. The summed E-state index contributed by atoms with van der Waals surface area (Å²) < 4.78 is 7.70. The average molecular weight is 406 g/mol. The normalized spacial score (nSPS) is 20.9. The first-order chi connectivity index (χ1) is 12.6. The molecule has 0 N–H and O–H groups in total. The van der Waals surface area contributed by atoms with Crippen molar-refractivity contribution in [2.45, 2.75) is 71.6 Å². The van der Waals surface area contributed by atoms with Crippen LogP contribution in [0, 0.1) is 12.8 Å². The van der Waals surface area contributed by atoms with Crippen LogP contribution in [0.15, 0.2) is 12.1 Å². The molecule has 0 bridgehead atoms. The smallest absolute Gasteiger partial charge is 0.191 e. The fourth-order valence-corrected chi connectivity index (χ4v) is 5.34. The molecule has 1 fully saturated rings. The number of piperidine rings is 1. The molecular weight excluding hydrogens is 370 g/mol. The fraction of sp³-hybridized carbons (Fsp3) is 0.714. The molecule has 1 unspecified atom stereocenters. The largest absolute Gasteiger partial charge is 0.416 e. The molecule has 2 aromatic rings. The molecule has 0 amide bonds. The van der Waals surface area contributed by atoms with Crippen LogP contribution in [-0.4, -0.2) is 42.9 Å². The summed E-state index contributed by atoms with van der Waals surface area (Å²) in [6.45, 7) is 19.1. The molecule has 3 heterocycles. The average Bonchev–Trinajstić information content (AvgIpc) is 2.98. The predicted octanol–water partition coefficient (Wildman–Crippen LogP) is 5.79. The third-order valence-electron chi connectivity index (χ3n) is 6.39. The lowest BCUT2D eigenvalue weighted by Gasteiger charge is -2.40. The maximum absolute atomic E-state index is 6.52. The van der Waals surface area contributed by atoms with Crippen molar-refractivity contribution in [2.24, 2.45) is 5.92 Å². The van der Waals surface area contributed by atoms with E-state index < -0.39 is 8.32 Å². The molecule has 0 aliphatic carbocycles. The molecule has 0 saturated carbocycles. The molecule has 27 heavy (non-hydrogen) atoms. The fourth-order valence-electron chi connectivity index (χ4n) is 3.49. The monoisotopic (exact) mass is 405 g/mol. The van der Waals surface area contributed by atoms with Crippen LogP contribution >= 0.6 is 11.3 Å². The summed E-state index contributed by atoms with van der Waals surface area (Å²) in [5, 5.41) is 1.36. The highest BCUT2D eigenvalue weighted by Gasteiger charge is 2.38. The first-order valence-electron chi connectivity index (χ1n) is 10.2. The van der Waals surface area contributed by atoms with Crippen LogP contribution < -0.4 is 0 Å². The standard InChI is InChI=1S/C21H35N3OSSi/c1-15(18-10-11-19-20(23-18)22-16(2)26-19)24-12-8-9-17(13-24)14-25-27(6,7)21(3,4)5/h10-11,15,17H,8-9,12-14H2,1-7H3/t15?,17-/m0/s1. The molecule has 1 saturated heterocycles. The van der Waals surface area contributed by atoms with E-state index in [0.29, 0.717) is 12.0 Å². The van der Waals surface area contributed by atoms with Gasteiger partial charge in [-0.25, -0.2) is 9.97 Å². The Morgan fingerprint density at radius 2 is 2.04 bits per heavy atom. The Kier molecular flexibility index (Phi) is 6.11. The van der Waals surface area contributed by atoms with E-state index in [1.807, 2.05) is 6.92 Å². The second kappa shape index (κ2) is 7.89. The molecule has 1 aliphatic heterocycles. The summed E-state index contributed by atoms with van der Waals surface area (Å²) in [7, 11) is -1.67. The van der Waals surface area contributed by atoms with Crippen molar-refractivity contribution >= 4 is 30.0 Å². The number of fused-ring (bicyclic) bond motifs is 1. The van der Waals surface area contributed by atoms with Crippen LogP contribution in [-0.2, 0) is 4.43 Å². The van der Waals surface area contributed by atoms with Gasteiger partial charge in [0.1, 0.15) is 0 Å². The number of hydrogen-bond acceptors (Lipinski definition) is 5. The second-order valence-corrected chi connectivity index (χ2v) is 15.6. The Hall–Kier alpha value is -0.823. The molecule has 6 heteroatoms. The number of thiazole rings is 1. The highest BCUT2D eigenvalue weighted by atomic mass is 32.1. The Bertz CT molecular complexity index is 783. The molecule has 150 valence electrons. The van der Waals surface area contributed by atoms with E-state index in [1.54, 1.807) is 11.3 Å². The van der Waals surface area contributed by atoms with E-state index in [1.165, 1.54) is 17.5 Å². The van der Waals surface area contributed by atoms with E-state index in [9.17, 15) is 0 Å². The van der Waals surface area contributed by atoms with Crippen molar-refractivity contribution in [3.63, 3.8) is 0 Å². The molecule has 2 aromatic heterocycles. The van der Waals surface area contributed by atoms with Gasteiger partial charge < -0.3 is 4.43 Å². The van der Waals surface area contributed by atoms with Gasteiger partial charge in [0, 0.05) is 19.2 Å². The van der Waals surface area contributed by atoms with Crippen LogP contribution in [0.25, 0.3) is 10.3 Å². The minimum atomic E-state index is -1.67. The van der Waals surface area contributed by atoms with Crippen LogP contribution in [0.1, 0.15) is 57.3 Å². The number of hydrogen-bond donors (Lipinski definition) is 0. The van der Waals surface area contributed by atoms with Crippen molar-refractivity contribution < 1.29 is 4.43 Å². The summed E-state index contributed by atoms with van der Waals surface area (Å²) in [4.78, 5) is 12.0. The van der Waals surface area contributed by atoms with Gasteiger partial charge in [0.15, 0.2) is 14.0 Å². The van der Waals surface area contributed by atoms with Crippen molar-refractivity contribution in [1.82, 2.24) is 14.9 Å². The SMILES string of the molecule is Cc1nc2nc(C(C)N3CCC[C@H](CO[Si](C)(C)C(C)(C)C)C3)ccc2s1. The van der Waals surface area contributed by atoms with Crippen molar-refractivity contribution in [2.75, 3.05) is 19.7 Å². The van der Waals surface area contributed by atoms with Crippen molar-refractivity contribution in [1.29, 1.82) is 0 Å². The molecule has 0 aromatic carbocycles. The Labute approximate surface area is 169 Å². The number of nitrogens with zero attached hydrogens (tertiary/aromatic N) is 3. The number of aromatic nitrogens is 2. The quantitative estimate of drug-likeness (QED) is 0.590. The van der Waals surface area contributed by atoms with Crippen molar-refractivity contribution in [3.05, 3.63) is 22.8 Å². The third-order valence-corrected chi connectivity index (χ3v) is 11.8. The first-order valence-corrected chi connectivity index (χ1v) is 13.9. The molecular formula is C21H35N3OSSi. The summed E-state index contributed by atoms with van der Waals surface area (Å²) in [5.74, 6) is 0.626. The highest BCUT2D eigenvalue weighted by Crippen LogP contribution is 2.37. The van der Waals surface area contributed by atoms with Crippen LogP contribution in [0.4, 0.5) is 0 Å². The molecule has 1 aliphatic rings. The van der Waals surface area contributed by atoms with Crippen LogP contribution in [0.2, 0.25) is 18.1 Å². The summed E-state index contributed by atoms with van der Waals surface area (Å²) in [6.07, 6.45) is 2.52. The van der Waals surface area contributed by atoms with Gasteiger partial charge in [0.2, 0.25) is 0 Å². The van der Waals surface area contributed by atoms with E-state index in [-0.39, 0.29) is 5.04 Å². The Morgan fingerprint density at radius 3 is 2.74 bits per heavy atom. The van der Waals surface area contributed by atoms with Gasteiger partial charge in [-0.15, -0.1) is 11.3 Å². The molecule has 4 nitrogen and oxygen atoms in total. The van der Waals surface area contributed by atoms with Gasteiger partial charge in [-0.2, -0.15) is 0 Å². The van der Waals surface area contributed by atoms with Gasteiger partial charge in [-0.1, -0.05) is 20.8 Å². The van der Waals surface area contributed by atoms with Gasteiger partial charge in [0.25, 0.3) is 0 Å². The minimum Gasteiger partial charge on any atom is -0.416 e. The van der Waals surface area contributed by atoms with Crippen LogP contribution in [0.3, 0.4) is 0 Å². The Morgan fingerprint density at radius 1 is 1.30 bits per heavy atom. The van der Waals surface area contributed by atoms with Gasteiger partial charge >= 0.3 is 0 Å². The van der Waals surface area contributed by atoms with Crippen LogP contribution in [0.5, 0.6) is 0 Å². The van der Waals surface area contributed by atoms with E-state index >= 15 is 0 Å². The maximum atomic E-state index is 6.52. The molecule has 3 rings (SSSR count). The summed E-state index contributed by atoms with van der Waals surface area (Å²) >= 11 is 1.72. The lowest BCUT2D eigenvalue weighted by Crippen LogP contribution is -2.44. The lowest BCUT2D eigenvalue weighted by atomic mass is 9.97. The number of rotatable bonds is 5. The second-order valence-electron chi connectivity index (χ2n) is 9.54. The number of pyridine rings is 1. The zero-order chi connectivity index (χ0) is 19.8. The lowest BCUT2D eigenvalue weighted by molar-refractivity contribution is 0.0951. The topological polar surface area (TPSA) is 38.2 Å². The maximum Gasteiger partial charge on any atom is 0.191 e. The summed E-state index contributed by atoms with van der Waals surface area (Å²) in [6, 6.07) is 4.69. The number of likely N-dealkylation sites (tertiary alicyclic amines) is 1. The van der Waals surface area contributed by atoms with Gasteiger partial charge in [0.05, 0.1) is 15.4 Å². The molecule has 0 radical (unpaired) electrons. The van der Waals surface area contributed by atoms with Gasteiger partial charge in [-0.05, 0) is 69.4 Å².